The summed E-state index contributed by atoms with van der Waals surface area (Å²) in [4.78, 5) is -0.248. The molecule has 0 heterocycles. The predicted molar refractivity (Wildman–Crippen MR) is 43.9 cm³/mol. The minimum atomic E-state index is -4.33. The number of hydrogen-bond donors (Lipinski definition) is 1. The van der Waals surface area contributed by atoms with E-state index in [4.69, 9.17) is 4.55 Å². The highest BCUT2D eigenvalue weighted by Crippen LogP contribution is 2.20. The lowest BCUT2D eigenvalue weighted by Crippen LogP contribution is -1.99. The van der Waals surface area contributed by atoms with Gasteiger partial charge in [-0.05, 0) is 0 Å². The minimum Gasteiger partial charge on any atom is -0.263 e. The van der Waals surface area contributed by atoms with Gasteiger partial charge in [0.05, 0.1) is 4.99 Å². The normalized spacial score (nSPS) is 14.6. The van der Waals surface area contributed by atoms with Gasteiger partial charge in [0.1, 0.15) is 0 Å². The Kier molecular flexibility index (Phi) is 4.47. The zero-order valence-corrected chi connectivity index (χ0v) is 7.72. The van der Waals surface area contributed by atoms with E-state index in [2.05, 4.69) is 19.4 Å². The van der Waals surface area contributed by atoms with Gasteiger partial charge in [-0.1, -0.05) is 6.08 Å². The number of rotatable bonds is 4. The van der Waals surface area contributed by atoms with Crippen molar-refractivity contribution in [1.29, 1.82) is 0 Å². The van der Waals surface area contributed by atoms with Gasteiger partial charge in [-0.25, -0.2) is 0 Å². The summed E-state index contributed by atoms with van der Waals surface area (Å²) in [6.07, 6.45) is 1.46. The third-order valence-corrected chi connectivity index (χ3v) is 2.49. The number of hydrogen-bond acceptors (Lipinski definition) is 4. The largest absolute Gasteiger partial charge is 0.408 e. The summed E-state index contributed by atoms with van der Waals surface area (Å²) in [6.45, 7) is 3.36. The molecule has 0 fully saturated rings. The first-order valence-corrected chi connectivity index (χ1v) is 5.00. The van der Waals surface area contributed by atoms with Crippen LogP contribution in [0.2, 0.25) is 0 Å². The molecular weight excluding hydrogens is 195 g/mol. The molecule has 2 unspecified atom stereocenters. The molecule has 0 aliphatic heterocycles. The summed E-state index contributed by atoms with van der Waals surface area (Å²) >= 11 is 0.590. The predicted octanol–water partition coefficient (Wildman–Crippen LogP) is 0.841. The van der Waals surface area contributed by atoms with Crippen molar-refractivity contribution in [2.45, 2.75) is 4.99 Å². The third kappa shape index (κ3) is 6.51. The van der Waals surface area contributed by atoms with Crippen LogP contribution in [0.15, 0.2) is 12.7 Å². The zero-order valence-electron chi connectivity index (χ0n) is 4.93. The Morgan fingerprint density at radius 1 is 1.80 bits per heavy atom. The van der Waals surface area contributed by atoms with Gasteiger partial charge in [-0.3, -0.25) is 4.55 Å². The van der Waals surface area contributed by atoms with Gasteiger partial charge in [0.25, 0.3) is 0 Å². The molecule has 2 atom stereocenters. The third-order valence-electron chi connectivity index (χ3n) is 0.469. The van der Waals surface area contributed by atoms with E-state index in [0.717, 1.165) is 0 Å². The van der Waals surface area contributed by atoms with Gasteiger partial charge >= 0.3 is 10.4 Å². The van der Waals surface area contributed by atoms with Crippen molar-refractivity contribution in [2.24, 2.45) is 0 Å². The van der Waals surface area contributed by atoms with E-state index in [0.29, 0.717) is 12.0 Å². The Hall–Kier alpha value is 0.390. The second kappa shape index (κ2) is 4.31. The molecule has 0 amide bonds. The first-order valence-electron chi connectivity index (χ1n) is 2.16. The first kappa shape index (κ1) is 10.4. The average molecular weight is 202 g/mol. The van der Waals surface area contributed by atoms with Gasteiger partial charge in [0.15, 0.2) is 0 Å². The second-order valence-electron chi connectivity index (χ2n) is 1.29. The van der Waals surface area contributed by atoms with Crippen molar-refractivity contribution in [1.82, 2.24) is 0 Å². The van der Waals surface area contributed by atoms with Crippen LogP contribution in [0.25, 0.3) is 0 Å². The molecule has 0 aromatic carbocycles. The molecule has 0 spiro atoms. The molecule has 1 N–H and O–H groups in total. The lowest BCUT2D eigenvalue weighted by atomic mass is 10.8. The van der Waals surface area contributed by atoms with Crippen molar-refractivity contribution in [3.63, 3.8) is 0 Å². The lowest BCUT2D eigenvalue weighted by molar-refractivity contribution is 0.408. The highest BCUT2D eigenvalue weighted by atomic mass is 32.3. The highest BCUT2D eigenvalue weighted by molar-refractivity contribution is 8.05. The standard InChI is InChI=1S/C3H7O4PS2/c1-2-3(8)9-7-10(4,5)6/h2-3H,1,8H2,(H,4,5,6). The van der Waals surface area contributed by atoms with Crippen molar-refractivity contribution in [3.05, 3.63) is 12.7 Å². The topological polar surface area (TPSA) is 63.6 Å². The van der Waals surface area contributed by atoms with Crippen LogP contribution in [-0.2, 0) is 14.0 Å². The van der Waals surface area contributed by atoms with Gasteiger partial charge in [-0.15, -0.1) is 15.8 Å². The fourth-order valence-corrected chi connectivity index (χ4v) is 1.38. The fourth-order valence-electron chi connectivity index (χ4n) is 0.134. The summed E-state index contributed by atoms with van der Waals surface area (Å²) in [7, 11) is -2.07. The van der Waals surface area contributed by atoms with Crippen LogP contribution in [0.1, 0.15) is 0 Å². The Morgan fingerprint density at radius 3 is 2.60 bits per heavy atom. The molecule has 7 heteroatoms. The Labute approximate surface area is 66.4 Å². The van der Waals surface area contributed by atoms with Crippen LogP contribution in [-0.4, -0.2) is 18.0 Å². The molecule has 0 radical (unpaired) electrons. The molecule has 4 nitrogen and oxygen atoms in total. The van der Waals surface area contributed by atoms with Gasteiger partial charge in [-0.2, -0.15) is 12.0 Å². The first-order chi connectivity index (χ1) is 4.45. The molecule has 0 aromatic heterocycles. The fraction of sp³-hybridized carbons (Fsp3) is 0.333. The second-order valence-corrected chi connectivity index (χ2v) is 4.63. The summed E-state index contributed by atoms with van der Waals surface area (Å²) in [5.41, 5.74) is 0. The SMILES string of the molecule is C=CC(P)SOS(=O)(=O)O. The summed E-state index contributed by atoms with van der Waals surface area (Å²) in [6, 6.07) is 0. The summed E-state index contributed by atoms with van der Waals surface area (Å²) in [5, 5.41) is 0. The molecule has 0 bridgehead atoms. The average Bonchev–Trinajstić information content (AvgIpc) is 1.81. The van der Waals surface area contributed by atoms with Gasteiger partial charge in [0, 0.05) is 12.0 Å². The molecule has 0 aliphatic carbocycles. The molecule has 10 heavy (non-hydrogen) atoms. The van der Waals surface area contributed by atoms with E-state index in [-0.39, 0.29) is 4.99 Å². The van der Waals surface area contributed by atoms with E-state index in [1.807, 2.05) is 0 Å². The van der Waals surface area contributed by atoms with Crippen LogP contribution >= 0.6 is 21.3 Å². The molecule has 0 aliphatic rings. The zero-order chi connectivity index (χ0) is 8.20. The quantitative estimate of drug-likeness (QED) is 0.317. The Balaban J connectivity index is 3.66. The van der Waals surface area contributed by atoms with E-state index in [1.54, 1.807) is 0 Å². The summed E-state index contributed by atoms with van der Waals surface area (Å²) in [5.74, 6) is 0. The smallest absolute Gasteiger partial charge is 0.263 e. The van der Waals surface area contributed by atoms with Crippen LogP contribution in [0.5, 0.6) is 0 Å². The van der Waals surface area contributed by atoms with Crippen LogP contribution in [0.3, 0.4) is 0 Å². The molecule has 0 aromatic rings. The maximum Gasteiger partial charge on any atom is 0.408 e. The van der Waals surface area contributed by atoms with Crippen LogP contribution in [0, 0.1) is 0 Å². The van der Waals surface area contributed by atoms with Crippen molar-refractivity contribution < 1.29 is 16.6 Å². The van der Waals surface area contributed by atoms with Crippen LogP contribution in [0.4, 0.5) is 0 Å². The molecule has 60 valence electrons. The molecule has 0 saturated heterocycles. The lowest BCUT2D eigenvalue weighted by Gasteiger charge is -2.00. The van der Waals surface area contributed by atoms with E-state index in [1.165, 1.54) is 6.08 Å². The van der Waals surface area contributed by atoms with Crippen molar-refractivity contribution in [3.8, 4) is 0 Å². The highest BCUT2D eigenvalue weighted by Gasteiger charge is 2.07. The molecule has 0 rings (SSSR count). The van der Waals surface area contributed by atoms with Crippen LogP contribution < -0.4 is 0 Å². The molecule has 0 saturated carbocycles. The Bertz CT molecular complexity index is 199. The van der Waals surface area contributed by atoms with Crippen molar-refractivity contribution >= 4 is 31.7 Å². The van der Waals surface area contributed by atoms with Gasteiger partial charge in [0.2, 0.25) is 0 Å². The van der Waals surface area contributed by atoms with E-state index in [9.17, 15) is 8.42 Å². The van der Waals surface area contributed by atoms with E-state index >= 15 is 0 Å². The van der Waals surface area contributed by atoms with E-state index < -0.39 is 10.4 Å². The van der Waals surface area contributed by atoms with Gasteiger partial charge < -0.3 is 0 Å². The Morgan fingerprint density at radius 2 is 2.30 bits per heavy atom. The summed E-state index contributed by atoms with van der Waals surface area (Å²) < 4.78 is 31.8. The monoisotopic (exact) mass is 202 g/mol. The molecular formula is C3H7O4PS2. The van der Waals surface area contributed by atoms with Crippen molar-refractivity contribution in [2.75, 3.05) is 0 Å². The maximum atomic E-state index is 9.92. The minimum absolute atomic E-state index is 0.248. The maximum absolute atomic E-state index is 9.92.